The topological polar surface area (TPSA) is 80.4 Å². The predicted octanol–water partition coefficient (Wildman–Crippen LogP) is 3.17. The van der Waals surface area contributed by atoms with E-state index in [-0.39, 0.29) is 17.9 Å². The Hall–Kier alpha value is -1.98. The van der Waals surface area contributed by atoms with Crippen LogP contribution in [-0.2, 0) is 11.2 Å². The van der Waals surface area contributed by atoms with Crippen molar-refractivity contribution in [2.24, 2.45) is 11.8 Å². The van der Waals surface area contributed by atoms with Gasteiger partial charge in [0.1, 0.15) is 0 Å². The van der Waals surface area contributed by atoms with Gasteiger partial charge in [-0.25, -0.2) is 0 Å². The van der Waals surface area contributed by atoms with Crippen molar-refractivity contribution in [2.45, 2.75) is 32.1 Å². The number of carboxylic acids is 1. The molecule has 6 heteroatoms. The highest BCUT2D eigenvalue weighted by Gasteiger charge is 2.32. The zero-order chi connectivity index (χ0) is 14.7. The number of hydrogen-bond acceptors (Lipinski definition) is 3. The molecule has 0 heterocycles. The Labute approximate surface area is 115 Å². The number of halogens is 1. The number of nitro groups is 1. The molecule has 0 aliphatic heterocycles. The quantitative estimate of drug-likeness (QED) is 0.664. The van der Waals surface area contributed by atoms with Gasteiger partial charge in [0.2, 0.25) is 5.82 Å². The second-order valence-electron chi connectivity index (χ2n) is 5.20. The zero-order valence-electron chi connectivity index (χ0n) is 10.9. The van der Waals surface area contributed by atoms with Crippen LogP contribution in [0.2, 0.25) is 0 Å². The maximum Gasteiger partial charge on any atom is 0.307 e. The summed E-state index contributed by atoms with van der Waals surface area (Å²) in [5.41, 5.74) is -0.489. The van der Waals surface area contributed by atoms with Crippen molar-refractivity contribution < 1.29 is 19.2 Å². The van der Waals surface area contributed by atoms with E-state index in [9.17, 15) is 24.4 Å². The van der Waals surface area contributed by atoms with Crippen LogP contribution in [0.3, 0.4) is 0 Å². The smallest absolute Gasteiger partial charge is 0.307 e. The van der Waals surface area contributed by atoms with E-state index in [0.29, 0.717) is 0 Å². The average molecular weight is 281 g/mol. The summed E-state index contributed by atoms with van der Waals surface area (Å²) >= 11 is 0. The lowest BCUT2D eigenvalue weighted by Gasteiger charge is -2.19. The standard InChI is InChI=1S/C14H16FNO4/c15-13-10(6-3-7-12(13)16(19)20)8-11(14(17)18)9-4-1-2-5-9/h3,6-7,9,11H,1-2,4-5,8H2,(H,17,18). The summed E-state index contributed by atoms with van der Waals surface area (Å²) in [6, 6.07) is 3.90. The number of carbonyl (C=O) groups is 1. The molecule has 0 aromatic heterocycles. The van der Waals surface area contributed by atoms with Crippen LogP contribution in [0.4, 0.5) is 10.1 Å². The van der Waals surface area contributed by atoms with Gasteiger partial charge in [-0.15, -0.1) is 0 Å². The van der Waals surface area contributed by atoms with Gasteiger partial charge in [0.25, 0.3) is 0 Å². The van der Waals surface area contributed by atoms with E-state index in [4.69, 9.17) is 0 Å². The van der Waals surface area contributed by atoms with E-state index in [0.717, 1.165) is 31.7 Å². The van der Waals surface area contributed by atoms with Crippen LogP contribution in [0.25, 0.3) is 0 Å². The van der Waals surface area contributed by atoms with E-state index in [1.165, 1.54) is 12.1 Å². The first kappa shape index (κ1) is 14.4. The summed E-state index contributed by atoms with van der Waals surface area (Å²) in [6.45, 7) is 0. The second kappa shape index (κ2) is 5.98. The molecule has 0 saturated heterocycles. The molecule has 1 aliphatic rings. The van der Waals surface area contributed by atoms with Crippen molar-refractivity contribution in [3.05, 3.63) is 39.7 Å². The van der Waals surface area contributed by atoms with Crippen LogP contribution < -0.4 is 0 Å². The fourth-order valence-electron chi connectivity index (χ4n) is 2.92. The van der Waals surface area contributed by atoms with Crippen LogP contribution >= 0.6 is 0 Å². The molecule has 0 radical (unpaired) electrons. The lowest BCUT2D eigenvalue weighted by atomic mass is 9.85. The number of aliphatic carboxylic acids is 1. The second-order valence-corrected chi connectivity index (χ2v) is 5.20. The number of rotatable bonds is 5. The maximum atomic E-state index is 14.0. The van der Waals surface area contributed by atoms with Gasteiger partial charge < -0.3 is 5.11 Å². The summed E-state index contributed by atoms with van der Waals surface area (Å²) in [7, 11) is 0. The molecule has 1 aliphatic carbocycles. The molecular weight excluding hydrogens is 265 g/mol. The number of carboxylic acid groups (broad SMARTS) is 1. The first-order valence-corrected chi connectivity index (χ1v) is 6.65. The molecule has 1 saturated carbocycles. The molecule has 108 valence electrons. The summed E-state index contributed by atoms with van der Waals surface area (Å²) < 4.78 is 14.0. The van der Waals surface area contributed by atoms with E-state index < -0.39 is 28.3 Å². The van der Waals surface area contributed by atoms with E-state index in [2.05, 4.69) is 0 Å². The normalized spacial score (nSPS) is 17.1. The van der Waals surface area contributed by atoms with Crippen LogP contribution in [0.15, 0.2) is 18.2 Å². The van der Waals surface area contributed by atoms with Crippen molar-refractivity contribution in [2.75, 3.05) is 0 Å². The van der Waals surface area contributed by atoms with Gasteiger partial charge in [0.05, 0.1) is 10.8 Å². The largest absolute Gasteiger partial charge is 0.481 e. The minimum atomic E-state index is -0.956. The van der Waals surface area contributed by atoms with Gasteiger partial charge in [0, 0.05) is 6.07 Å². The molecule has 1 fully saturated rings. The van der Waals surface area contributed by atoms with E-state index in [1.807, 2.05) is 0 Å². The van der Waals surface area contributed by atoms with E-state index >= 15 is 0 Å². The monoisotopic (exact) mass is 281 g/mol. The third kappa shape index (κ3) is 2.95. The summed E-state index contributed by atoms with van der Waals surface area (Å²) in [5, 5.41) is 20.0. The van der Waals surface area contributed by atoms with Crippen LogP contribution in [-0.4, -0.2) is 16.0 Å². The highest BCUT2D eigenvalue weighted by Crippen LogP contribution is 2.34. The first-order chi connectivity index (χ1) is 9.50. The zero-order valence-corrected chi connectivity index (χ0v) is 10.9. The van der Waals surface area contributed by atoms with Gasteiger partial charge in [-0.3, -0.25) is 14.9 Å². The fourth-order valence-corrected chi connectivity index (χ4v) is 2.92. The molecule has 20 heavy (non-hydrogen) atoms. The molecule has 2 rings (SSSR count). The number of nitrogens with zero attached hydrogens (tertiary/aromatic N) is 1. The van der Waals surface area contributed by atoms with Gasteiger partial charge in [0.15, 0.2) is 0 Å². The molecule has 1 unspecified atom stereocenters. The molecule has 1 aromatic rings. The Kier molecular flexibility index (Phi) is 4.32. The highest BCUT2D eigenvalue weighted by molar-refractivity contribution is 5.71. The average Bonchev–Trinajstić information content (AvgIpc) is 2.90. The molecule has 1 aromatic carbocycles. The molecule has 0 amide bonds. The minimum absolute atomic E-state index is 0.00745. The molecule has 1 N–H and O–H groups in total. The number of nitro benzene ring substituents is 1. The molecule has 1 atom stereocenters. The van der Waals surface area contributed by atoms with Crippen LogP contribution in [0, 0.1) is 27.8 Å². The third-order valence-electron chi connectivity index (χ3n) is 3.98. The fraction of sp³-hybridized carbons (Fsp3) is 0.500. The summed E-state index contributed by atoms with van der Waals surface area (Å²) in [4.78, 5) is 21.3. The summed E-state index contributed by atoms with van der Waals surface area (Å²) in [5.74, 6) is -2.51. The lowest BCUT2D eigenvalue weighted by molar-refractivity contribution is -0.387. The van der Waals surface area contributed by atoms with Gasteiger partial charge in [-0.1, -0.05) is 25.0 Å². The number of hydrogen-bond donors (Lipinski definition) is 1. The Balaban J connectivity index is 2.24. The Morgan fingerprint density at radius 1 is 1.45 bits per heavy atom. The van der Waals surface area contributed by atoms with E-state index in [1.54, 1.807) is 0 Å². The Morgan fingerprint density at radius 3 is 2.65 bits per heavy atom. The maximum absolute atomic E-state index is 14.0. The van der Waals surface area contributed by atoms with Crippen molar-refractivity contribution in [3.63, 3.8) is 0 Å². The Morgan fingerprint density at radius 2 is 2.10 bits per heavy atom. The number of benzene rings is 1. The molecule has 5 nitrogen and oxygen atoms in total. The van der Waals surface area contributed by atoms with Gasteiger partial charge in [-0.05, 0) is 30.7 Å². The lowest BCUT2D eigenvalue weighted by Crippen LogP contribution is -2.24. The predicted molar refractivity (Wildman–Crippen MR) is 69.8 cm³/mol. The van der Waals surface area contributed by atoms with Crippen molar-refractivity contribution in [3.8, 4) is 0 Å². The van der Waals surface area contributed by atoms with Crippen molar-refractivity contribution in [1.29, 1.82) is 0 Å². The van der Waals surface area contributed by atoms with Crippen LogP contribution in [0.5, 0.6) is 0 Å². The SMILES string of the molecule is O=C(O)C(Cc1cccc([N+](=O)[O-])c1F)C1CCCC1. The Bertz CT molecular complexity index is 526. The van der Waals surface area contributed by atoms with Gasteiger partial charge >= 0.3 is 11.7 Å². The summed E-state index contributed by atoms with van der Waals surface area (Å²) in [6.07, 6.45) is 3.65. The van der Waals surface area contributed by atoms with Gasteiger partial charge in [-0.2, -0.15) is 4.39 Å². The molecule has 0 bridgehead atoms. The highest BCUT2D eigenvalue weighted by atomic mass is 19.1. The van der Waals surface area contributed by atoms with Crippen molar-refractivity contribution in [1.82, 2.24) is 0 Å². The third-order valence-corrected chi connectivity index (χ3v) is 3.98. The van der Waals surface area contributed by atoms with Crippen molar-refractivity contribution >= 4 is 11.7 Å². The van der Waals surface area contributed by atoms with Crippen LogP contribution in [0.1, 0.15) is 31.2 Å². The molecular formula is C14H16FNO4. The first-order valence-electron chi connectivity index (χ1n) is 6.65. The molecule has 0 spiro atoms. The minimum Gasteiger partial charge on any atom is -0.481 e.